The zero-order valence-electron chi connectivity index (χ0n) is 13.7. The maximum absolute atomic E-state index is 11.1. The van der Waals surface area contributed by atoms with E-state index >= 15 is 0 Å². The van der Waals surface area contributed by atoms with Gasteiger partial charge in [-0.15, -0.1) is 0 Å². The number of nitro groups is 1. The van der Waals surface area contributed by atoms with Gasteiger partial charge in [0.05, 0.1) is 4.92 Å². The van der Waals surface area contributed by atoms with Crippen molar-refractivity contribution >= 4 is 23.3 Å². The van der Waals surface area contributed by atoms with Gasteiger partial charge in [-0.1, -0.05) is 0 Å². The van der Waals surface area contributed by atoms with Crippen molar-refractivity contribution in [3.8, 4) is 5.75 Å². The molecule has 1 aromatic carbocycles. The van der Waals surface area contributed by atoms with Crippen molar-refractivity contribution in [2.45, 2.75) is 37.6 Å². The molecule has 0 saturated carbocycles. The number of non-ortho nitro benzene ring substituents is 1. The summed E-state index contributed by atoms with van der Waals surface area (Å²) >= 11 is 0. The molecular formula is C14H16N2O11. The Morgan fingerprint density at radius 2 is 1.89 bits per heavy atom. The van der Waals surface area contributed by atoms with Crippen molar-refractivity contribution in [1.29, 1.82) is 0 Å². The second-order valence-electron chi connectivity index (χ2n) is 5.49. The number of nitrogens with zero attached hydrogens (tertiary/aromatic N) is 1. The first-order valence-electron chi connectivity index (χ1n) is 7.42. The predicted octanol–water partition coefficient (Wildman–Crippen LogP) is -1.24. The summed E-state index contributed by atoms with van der Waals surface area (Å²) in [4.78, 5) is 36.7. The molecule has 2 rings (SSSR count). The van der Waals surface area contributed by atoms with E-state index in [1.807, 2.05) is 0 Å². The van der Waals surface area contributed by atoms with E-state index in [9.17, 15) is 35.0 Å². The lowest BCUT2D eigenvalue weighted by Gasteiger charge is -2.38. The molecule has 0 aliphatic carbocycles. The van der Waals surface area contributed by atoms with Gasteiger partial charge in [-0.25, -0.2) is 10.3 Å². The largest absolute Gasteiger partial charge is 0.479 e. The number of aliphatic hydroxyl groups is 3. The second kappa shape index (κ2) is 8.13. The van der Waals surface area contributed by atoms with E-state index in [0.29, 0.717) is 0 Å². The molecule has 5 N–H and O–H groups in total. The van der Waals surface area contributed by atoms with Crippen LogP contribution in [-0.4, -0.2) is 68.0 Å². The lowest BCUT2D eigenvalue weighted by molar-refractivity contribution is -0.384. The van der Waals surface area contributed by atoms with Gasteiger partial charge in [0.25, 0.3) is 5.69 Å². The molecule has 5 unspecified atom stereocenters. The molecule has 1 aliphatic rings. The number of nitrogens with one attached hydrogen (secondary N) is 1. The number of hydrogen-bond acceptors (Lipinski definition) is 11. The van der Waals surface area contributed by atoms with Crippen molar-refractivity contribution in [3.63, 3.8) is 0 Å². The highest BCUT2D eigenvalue weighted by Crippen LogP contribution is 2.32. The SMILES string of the molecule is CC(=O)ONc1cc([N+](=O)[O-])ccc1OC1OC(C(=O)O)C(O)C(O)C1O. The number of hydrogen-bond donors (Lipinski definition) is 5. The van der Waals surface area contributed by atoms with Gasteiger partial charge in [0.1, 0.15) is 29.7 Å². The van der Waals surface area contributed by atoms with Crippen LogP contribution in [0, 0.1) is 10.1 Å². The number of carboxylic acids is 1. The molecular weight excluding hydrogens is 372 g/mol. The highest BCUT2D eigenvalue weighted by atomic mass is 16.7. The average Bonchev–Trinajstić information content (AvgIpc) is 2.60. The predicted molar refractivity (Wildman–Crippen MR) is 83.4 cm³/mol. The van der Waals surface area contributed by atoms with Crippen LogP contribution in [0.1, 0.15) is 6.92 Å². The third-order valence-corrected chi connectivity index (χ3v) is 3.53. The van der Waals surface area contributed by atoms with Crippen LogP contribution in [0.5, 0.6) is 5.75 Å². The highest BCUT2D eigenvalue weighted by molar-refractivity contribution is 5.73. The Bertz CT molecular complexity index is 740. The van der Waals surface area contributed by atoms with Gasteiger partial charge in [-0.2, -0.15) is 0 Å². The molecule has 27 heavy (non-hydrogen) atoms. The van der Waals surface area contributed by atoms with Gasteiger partial charge in [0.2, 0.25) is 6.29 Å². The maximum Gasteiger partial charge on any atom is 0.335 e. The minimum absolute atomic E-state index is 0.206. The highest BCUT2D eigenvalue weighted by Gasteiger charge is 2.48. The van der Waals surface area contributed by atoms with Gasteiger partial charge in [-0.3, -0.25) is 14.9 Å². The molecule has 148 valence electrons. The zero-order valence-corrected chi connectivity index (χ0v) is 13.7. The first-order valence-corrected chi connectivity index (χ1v) is 7.42. The van der Waals surface area contributed by atoms with Crippen LogP contribution in [0.25, 0.3) is 0 Å². The first kappa shape index (κ1) is 20.3. The van der Waals surface area contributed by atoms with Crippen molar-refractivity contribution in [2.24, 2.45) is 0 Å². The lowest BCUT2D eigenvalue weighted by atomic mass is 9.99. The number of ether oxygens (including phenoxy) is 2. The Labute approximate surface area is 150 Å². The van der Waals surface area contributed by atoms with Crippen LogP contribution < -0.4 is 10.2 Å². The number of benzene rings is 1. The Hall–Kier alpha value is -3.00. The van der Waals surface area contributed by atoms with Crippen molar-refractivity contribution in [2.75, 3.05) is 5.48 Å². The number of carbonyl (C=O) groups excluding carboxylic acids is 1. The molecule has 5 atom stereocenters. The normalized spacial score (nSPS) is 27.5. The molecule has 13 heteroatoms. The van der Waals surface area contributed by atoms with E-state index in [2.05, 4.69) is 10.3 Å². The summed E-state index contributed by atoms with van der Waals surface area (Å²) < 4.78 is 10.2. The summed E-state index contributed by atoms with van der Waals surface area (Å²) in [6.07, 6.45) is -9.28. The van der Waals surface area contributed by atoms with Gasteiger partial charge < -0.3 is 34.7 Å². The number of nitro benzene ring substituents is 1. The number of aliphatic carboxylic acids is 1. The van der Waals surface area contributed by atoms with E-state index in [1.54, 1.807) is 0 Å². The monoisotopic (exact) mass is 388 g/mol. The molecule has 0 aromatic heterocycles. The molecule has 0 radical (unpaired) electrons. The van der Waals surface area contributed by atoms with Gasteiger partial charge in [0, 0.05) is 19.1 Å². The van der Waals surface area contributed by atoms with Crippen LogP contribution in [0.2, 0.25) is 0 Å². The van der Waals surface area contributed by atoms with Crippen molar-refractivity contribution < 1.29 is 49.2 Å². The van der Waals surface area contributed by atoms with Crippen LogP contribution in [0.15, 0.2) is 18.2 Å². The molecule has 1 fully saturated rings. The molecule has 13 nitrogen and oxygen atoms in total. The van der Waals surface area contributed by atoms with Crippen LogP contribution in [-0.2, 0) is 19.2 Å². The molecule has 0 bridgehead atoms. The quantitative estimate of drug-likeness (QED) is 0.287. The Morgan fingerprint density at radius 1 is 1.22 bits per heavy atom. The Kier molecular flexibility index (Phi) is 6.12. The summed E-state index contributed by atoms with van der Waals surface area (Å²) in [7, 11) is 0. The lowest BCUT2D eigenvalue weighted by Crippen LogP contribution is -2.61. The summed E-state index contributed by atoms with van der Waals surface area (Å²) in [6.45, 7) is 1.06. The fraction of sp³-hybridized carbons (Fsp3) is 0.429. The smallest absolute Gasteiger partial charge is 0.335 e. The van der Waals surface area contributed by atoms with Crippen molar-refractivity contribution in [1.82, 2.24) is 0 Å². The van der Waals surface area contributed by atoms with Crippen LogP contribution >= 0.6 is 0 Å². The number of aliphatic hydroxyl groups excluding tert-OH is 3. The molecule has 0 amide bonds. The molecule has 0 spiro atoms. The standard InChI is InChI=1S/C14H16N2O11/c1-5(17)27-15-7-4-6(16(23)24)2-3-8(7)25-14-11(20)9(18)10(19)12(26-14)13(21)22/h2-4,9-12,14-15,18-20H,1H3,(H,21,22). The topological polar surface area (TPSA) is 198 Å². The number of carboxylic acid groups (broad SMARTS) is 1. The fourth-order valence-corrected chi connectivity index (χ4v) is 2.22. The van der Waals surface area contributed by atoms with Gasteiger partial charge >= 0.3 is 11.9 Å². The average molecular weight is 388 g/mol. The molecule has 1 saturated heterocycles. The van der Waals surface area contributed by atoms with E-state index in [1.165, 1.54) is 0 Å². The second-order valence-corrected chi connectivity index (χ2v) is 5.49. The number of carbonyl (C=O) groups is 2. The van der Waals surface area contributed by atoms with Gasteiger partial charge in [0.15, 0.2) is 6.10 Å². The van der Waals surface area contributed by atoms with Crippen molar-refractivity contribution in [3.05, 3.63) is 28.3 Å². The van der Waals surface area contributed by atoms with E-state index in [0.717, 1.165) is 25.1 Å². The molecule has 1 heterocycles. The fourth-order valence-electron chi connectivity index (χ4n) is 2.22. The molecule has 1 aliphatic heterocycles. The summed E-state index contributed by atoms with van der Waals surface area (Å²) in [5, 5.41) is 49.3. The summed E-state index contributed by atoms with van der Waals surface area (Å²) in [5.41, 5.74) is 1.53. The third kappa shape index (κ3) is 4.59. The Morgan fingerprint density at radius 3 is 2.44 bits per heavy atom. The van der Waals surface area contributed by atoms with E-state index in [-0.39, 0.29) is 17.1 Å². The minimum Gasteiger partial charge on any atom is -0.479 e. The number of rotatable bonds is 6. The van der Waals surface area contributed by atoms with E-state index < -0.39 is 47.6 Å². The first-order chi connectivity index (χ1) is 12.6. The van der Waals surface area contributed by atoms with Gasteiger partial charge in [-0.05, 0) is 6.07 Å². The van der Waals surface area contributed by atoms with E-state index in [4.69, 9.17) is 14.6 Å². The van der Waals surface area contributed by atoms with Crippen LogP contribution in [0.3, 0.4) is 0 Å². The Balaban J connectivity index is 2.29. The summed E-state index contributed by atoms with van der Waals surface area (Å²) in [6, 6.07) is 3.06. The minimum atomic E-state index is -1.91. The maximum atomic E-state index is 11.1. The third-order valence-electron chi connectivity index (χ3n) is 3.53. The number of anilines is 1. The van der Waals surface area contributed by atoms with Crippen LogP contribution in [0.4, 0.5) is 11.4 Å². The zero-order chi connectivity index (χ0) is 20.3. The summed E-state index contributed by atoms with van der Waals surface area (Å²) in [5.74, 6) is -2.60. The molecule has 1 aromatic rings.